The third-order valence-electron chi connectivity index (χ3n) is 3.58. The normalized spacial score (nSPS) is 12.3. The maximum absolute atomic E-state index is 13.2. The number of nitrogens with zero attached hydrogens (tertiary/aromatic N) is 3. The molecule has 0 unspecified atom stereocenters. The first-order chi connectivity index (χ1) is 11.1. The molecule has 2 aromatic heterocycles. The highest BCUT2D eigenvalue weighted by atomic mass is 19.1. The van der Waals surface area contributed by atoms with Crippen LogP contribution in [0.3, 0.4) is 0 Å². The van der Waals surface area contributed by atoms with Gasteiger partial charge in [-0.05, 0) is 36.2 Å². The Bertz CT molecular complexity index is 750. The first-order valence-corrected chi connectivity index (χ1v) is 7.24. The third-order valence-corrected chi connectivity index (χ3v) is 3.58. The Balaban J connectivity index is 1.63. The number of rotatable bonds is 5. The second-order valence-electron chi connectivity index (χ2n) is 5.30. The van der Waals surface area contributed by atoms with Crippen LogP contribution < -0.4 is 5.32 Å². The van der Waals surface area contributed by atoms with Gasteiger partial charge in [0.05, 0.1) is 0 Å². The molecule has 0 aliphatic rings. The van der Waals surface area contributed by atoms with Gasteiger partial charge in [-0.15, -0.1) is 0 Å². The molecule has 3 rings (SSSR count). The minimum absolute atomic E-state index is 0.173. The highest BCUT2D eigenvalue weighted by molar-refractivity contribution is 5.26. The lowest BCUT2D eigenvalue weighted by atomic mass is 10.1. The lowest BCUT2D eigenvalue weighted by Crippen LogP contribution is -2.18. The van der Waals surface area contributed by atoms with Crippen molar-refractivity contribution >= 4 is 0 Å². The van der Waals surface area contributed by atoms with Crippen molar-refractivity contribution in [1.29, 1.82) is 0 Å². The molecular weight excluding hydrogens is 298 g/mol. The van der Waals surface area contributed by atoms with E-state index in [1.54, 1.807) is 18.7 Å². The molecule has 0 amide bonds. The van der Waals surface area contributed by atoms with Crippen LogP contribution in [-0.4, -0.2) is 14.5 Å². The molecule has 0 aliphatic carbocycles. The van der Waals surface area contributed by atoms with Gasteiger partial charge in [0.15, 0.2) is 0 Å². The molecule has 0 bridgehead atoms. The van der Waals surface area contributed by atoms with E-state index in [1.807, 2.05) is 29.8 Å². The smallest absolute Gasteiger partial charge is 0.137 e. The van der Waals surface area contributed by atoms with Gasteiger partial charge in [-0.25, -0.2) is 18.7 Å². The Morgan fingerprint density at radius 1 is 1.17 bits per heavy atom. The molecule has 23 heavy (non-hydrogen) atoms. The predicted octanol–water partition coefficient (Wildman–Crippen LogP) is 3.40. The number of nitrogens with one attached hydrogen (secondary N) is 1. The molecule has 3 aromatic rings. The van der Waals surface area contributed by atoms with Crippen molar-refractivity contribution in [2.45, 2.75) is 19.5 Å². The minimum Gasteiger partial charge on any atom is -0.306 e. The second kappa shape index (κ2) is 6.66. The lowest BCUT2D eigenvalue weighted by molar-refractivity contribution is 0.545. The van der Waals surface area contributed by atoms with Gasteiger partial charge in [0, 0.05) is 37.2 Å². The number of halogens is 2. The molecule has 2 heterocycles. The Hall–Kier alpha value is -2.60. The van der Waals surface area contributed by atoms with Crippen LogP contribution in [-0.2, 0) is 6.54 Å². The summed E-state index contributed by atoms with van der Waals surface area (Å²) < 4.78 is 28.3. The van der Waals surface area contributed by atoms with Gasteiger partial charge in [-0.3, -0.25) is 4.57 Å². The van der Waals surface area contributed by atoms with E-state index >= 15 is 0 Å². The summed E-state index contributed by atoms with van der Waals surface area (Å²) in [6.45, 7) is 2.41. The standard InChI is InChI=1S/C17H16F2N4/c1-12(14-6-15(18)8-16(19)7-14)21-9-13-2-3-17(22-10-13)23-5-4-20-11-23/h2-8,10-12,21H,9H2,1H3/t12-/m0/s1. The monoisotopic (exact) mass is 314 g/mol. The summed E-state index contributed by atoms with van der Waals surface area (Å²) in [7, 11) is 0. The number of benzene rings is 1. The van der Waals surface area contributed by atoms with Crippen LogP contribution >= 0.6 is 0 Å². The second-order valence-corrected chi connectivity index (χ2v) is 5.30. The van der Waals surface area contributed by atoms with E-state index in [0.29, 0.717) is 12.1 Å². The number of hydrogen-bond acceptors (Lipinski definition) is 3. The van der Waals surface area contributed by atoms with Gasteiger partial charge in [-0.1, -0.05) is 6.07 Å². The van der Waals surface area contributed by atoms with Crippen molar-refractivity contribution < 1.29 is 8.78 Å². The number of hydrogen-bond donors (Lipinski definition) is 1. The first kappa shape index (κ1) is 15.3. The van der Waals surface area contributed by atoms with E-state index in [9.17, 15) is 8.78 Å². The van der Waals surface area contributed by atoms with Crippen LogP contribution in [0.5, 0.6) is 0 Å². The van der Waals surface area contributed by atoms with E-state index in [-0.39, 0.29) is 6.04 Å². The summed E-state index contributed by atoms with van der Waals surface area (Å²) in [5.74, 6) is -0.355. The Morgan fingerprint density at radius 3 is 2.57 bits per heavy atom. The van der Waals surface area contributed by atoms with Crippen molar-refractivity contribution in [3.8, 4) is 5.82 Å². The van der Waals surface area contributed by atoms with Gasteiger partial charge in [0.1, 0.15) is 23.8 Å². The molecule has 6 heteroatoms. The van der Waals surface area contributed by atoms with Gasteiger partial charge < -0.3 is 5.32 Å². The minimum atomic E-state index is -0.569. The molecule has 1 aromatic carbocycles. The zero-order valence-corrected chi connectivity index (χ0v) is 12.6. The molecule has 118 valence electrons. The fourth-order valence-electron chi connectivity index (χ4n) is 2.28. The van der Waals surface area contributed by atoms with Crippen LogP contribution in [0.4, 0.5) is 8.78 Å². The Labute approximate surface area is 132 Å². The fraction of sp³-hybridized carbons (Fsp3) is 0.176. The van der Waals surface area contributed by atoms with Gasteiger partial charge in [0.25, 0.3) is 0 Å². The van der Waals surface area contributed by atoms with Crippen LogP contribution in [0, 0.1) is 11.6 Å². The van der Waals surface area contributed by atoms with Crippen molar-refractivity contribution in [3.63, 3.8) is 0 Å². The number of aromatic nitrogens is 3. The van der Waals surface area contributed by atoms with Crippen molar-refractivity contribution in [1.82, 2.24) is 19.9 Å². The molecule has 0 aliphatic heterocycles. The van der Waals surface area contributed by atoms with Gasteiger partial charge in [-0.2, -0.15) is 0 Å². The highest BCUT2D eigenvalue weighted by Gasteiger charge is 2.08. The molecule has 0 saturated carbocycles. The van der Waals surface area contributed by atoms with Crippen LogP contribution in [0.15, 0.2) is 55.2 Å². The van der Waals surface area contributed by atoms with Crippen LogP contribution in [0.2, 0.25) is 0 Å². The maximum Gasteiger partial charge on any atom is 0.137 e. The van der Waals surface area contributed by atoms with E-state index in [4.69, 9.17) is 0 Å². The van der Waals surface area contributed by atoms with E-state index in [1.165, 1.54) is 12.1 Å². The third kappa shape index (κ3) is 3.78. The summed E-state index contributed by atoms with van der Waals surface area (Å²) in [4.78, 5) is 8.34. The molecule has 4 nitrogen and oxygen atoms in total. The number of imidazole rings is 1. The van der Waals surface area contributed by atoms with E-state index in [2.05, 4.69) is 15.3 Å². The summed E-state index contributed by atoms with van der Waals surface area (Å²) >= 11 is 0. The molecule has 0 spiro atoms. The first-order valence-electron chi connectivity index (χ1n) is 7.24. The summed E-state index contributed by atoms with van der Waals surface area (Å²) in [6, 6.07) is 7.21. The van der Waals surface area contributed by atoms with Crippen molar-refractivity contribution in [2.75, 3.05) is 0 Å². The SMILES string of the molecule is C[C@H](NCc1ccc(-n2ccnc2)nc1)c1cc(F)cc(F)c1. The Morgan fingerprint density at radius 2 is 1.96 bits per heavy atom. The van der Waals surface area contributed by atoms with Crippen LogP contribution in [0.1, 0.15) is 24.1 Å². The topological polar surface area (TPSA) is 42.7 Å². The molecule has 0 saturated heterocycles. The van der Waals surface area contributed by atoms with Crippen molar-refractivity contribution in [3.05, 3.63) is 78.0 Å². The lowest BCUT2D eigenvalue weighted by Gasteiger charge is -2.14. The number of pyridine rings is 1. The van der Waals surface area contributed by atoms with Gasteiger partial charge >= 0.3 is 0 Å². The zero-order chi connectivity index (χ0) is 16.2. The molecule has 0 radical (unpaired) electrons. The van der Waals surface area contributed by atoms with E-state index < -0.39 is 11.6 Å². The molecule has 1 atom stereocenters. The predicted molar refractivity (Wildman–Crippen MR) is 83.0 cm³/mol. The summed E-state index contributed by atoms with van der Waals surface area (Å²) in [5.41, 5.74) is 1.56. The average molecular weight is 314 g/mol. The molecular formula is C17H16F2N4. The van der Waals surface area contributed by atoms with Crippen LogP contribution in [0.25, 0.3) is 5.82 Å². The maximum atomic E-state index is 13.2. The summed E-state index contributed by atoms with van der Waals surface area (Å²) in [5, 5.41) is 3.23. The fourth-order valence-corrected chi connectivity index (χ4v) is 2.28. The molecule has 1 N–H and O–H groups in total. The quantitative estimate of drug-likeness (QED) is 0.785. The zero-order valence-electron chi connectivity index (χ0n) is 12.6. The summed E-state index contributed by atoms with van der Waals surface area (Å²) in [6.07, 6.45) is 6.96. The average Bonchev–Trinajstić information content (AvgIpc) is 3.06. The molecule has 0 fully saturated rings. The van der Waals surface area contributed by atoms with Crippen molar-refractivity contribution in [2.24, 2.45) is 0 Å². The Kier molecular flexibility index (Phi) is 4.43. The van der Waals surface area contributed by atoms with E-state index in [0.717, 1.165) is 17.4 Å². The van der Waals surface area contributed by atoms with Gasteiger partial charge in [0.2, 0.25) is 0 Å². The largest absolute Gasteiger partial charge is 0.306 e. The highest BCUT2D eigenvalue weighted by Crippen LogP contribution is 2.16.